The van der Waals surface area contributed by atoms with E-state index in [0.717, 1.165) is 21.8 Å². The van der Waals surface area contributed by atoms with Gasteiger partial charge in [0.25, 0.3) is 0 Å². The summed E-state index contributed by atoms with van der Waals surface area (Å²) < 4.78 is 5.74. The van der Waals surface area contributed by atoms with Gasteiger partial charge in [-0.1, -0.05) is 30.3 Å². The van der Waals surface area contributed by atoms with Crippen molar-refractivity contribution in [1.82, 2.24) is 10.3 Å². The summed E-state index contributed by atoms with van der Waals surface area (Å²) in [6.45, 7) is 2.98. The lowest BCUT2D eigenvalue weighted by Gasteiger charge is -2.07. The summed E-state index contributed by atoms with van der Waals surface area (Å²) in [4.78, 5) is 16.1. The lowest BCUT2D eigenvalue weighted by atomic mass is 10.1. The lowest BCUT2D eigenvalue weighted by Crippen LogP contribution is -2.23. The molecule has 124 valence electrons. The van der Waals surface area contributed by atoms with Crippen LogP contribution in [0.15, 0.2) is 47.8 Å². The maximum Gasteiger partial charge on any atom is 0.220 e. The van der Waals surface area contributed by atoms with Crippen LogP contribution in [-0.2, 0) is 11.3 Å². The molecule has 1 amide bonds. The van der Waals surface area contributed by atoms with Crippen molar-refractivity contribution in [3.05, 3.63) is 58.5 Å². The Morgan fingerprint density at radius 3 is 2.83 bits per heavy atom. The van der Waals surface area contributed by atoms with Crippen LogP contribution in [0, 0.1) is 6.92 Å². The third-order valence-electron chi connectivity index (χ3n) is 3.67. The monoisotopic (exact) mass is 340 g/mol. The molecular weight excluding hydrogens is 320 g/mol. The molecule has 3 rings (SSSR count). The number of nitrogens with one attached hydrogen (secondary N) is 1. The predicted octanol–water partition coefficient (Wildman–Crippen LogP) is 4.08. The highest BCUT2D eigenvalue weighted by Crippen LogP contribution is 2.20. The first-order chi connectivity index (χ1) is 11.7. The Balaban J connectivity index is 1.38. The molecule has 0 atom stereocenters. The first-order valence-electron chi connectivity index (χ1n) is 8.00. The minimum atomic E-state index is 0.0303. The quantitative estimate of drug-likeness (QED) is 0.659. The zero-order chi connectivity index (χ0) is 16.8. The Morgan fingerprint density at radius 1 is 1.21 bits per heavy atom. The standard InChI is InChI=1S/C19H20N2O2S/c1-14-21-17(13-24-14)12-20-19(22)7-4-10-23-18-9-8-15-5-2-3-6-16(15)11-18/h2-3,5-6,8-9,11,13H,4,7,10,12H2,1H3,(H,20,22). The average molecular weight is 340 g/mol. The highest BCUT2D eigenvalue weighted by atomic mass is 32.1. The van der Waals surface area contributed by atoms with E-state index in [9.17, 15) is 4.79 Å². The Morgan fingerprint density at radius 2 is 2.04 bits per heavy atom. The van der Waals surface area contributed by atoms with Gasteiger partial charge in [0.1, 0.15) is 5.75 Å². The maximum atomic E-state index is 11.8. The van der Waals surface area contributed by atoms with Crippen LogP contribution < -0.4 is 10.1 Å². The molecule has 1 N–H and O–H groups in total. The molecule has 5 heteroatoms. The number of rotatable bonds is 7. The molecule has 0 aliphatic carbocycles. The molecule has 0 radical (unpaired) electrons. The van der Waals surface area contributed by atoms with Crippen molar-refractivity contribution in [1.29, 1.82) is 0 Å². The summed E-state index contributed by atoms with van der Waals surface area (Å²) in [6, 6.07) is 14.2. The van der Waals surface area contributed by atoms with Crippen LogP contribution in [0.4, 0.5) is 0 Å². The van der Waals surface area contributed by atoms with Gasteiger partial charge in [-0.25, -0.2) is 4.98 Å². The van der Waals surface area contributed by atoms with Crippen molar-refractivity contribution in [2.45, 2.75) is 26.3 Å². The molecule has 0 unspecified atom stereocenters. The fourth-order valence-corrected chi connectivity index (χ4v) is 3.06. The normalized spacial score (nSPS) is 10.7. The second-order valence-electron chi connectivity index (χ2n) is 5.60. The largest absolute Gasteiger partial charge is 0.494 e. The number of carbonyl (C=O) groups excluding carboxylic acids is 1. The smallest absolute Gasteiger partial charge is 0.220 e. The molecule has 0 saturated heterocycles. The number of aryl methyl sites for hydroxylation is 1. The topological polar surface area (TPSA) is 51.2 Å². The Bertz CT molecular complexity index is 829. The zero-order valence-electron chi connectivity index (χ0n) is 13.6. The molecule has 4 nitrogen and oxygen atoms in total. The molecule has 3 aromatic rings. The lowest BCUT2D eigenvalue weighted by molar-refractivity contribution is -0.121. The van der Waals surface area contributed by atoms with Crippen LogP contribution in [-0.4, -0.2) is 17.5 Å². The molecule has 2 aromatic carbocycles. The molecule has 0 fully saturated rings. The number of hydrogen-bond acceptors (Lipinski definition) is 4. The summed E-state index contributed by atoms with van der Waals surface area (Å²) in [5.74, 6) is 0.870. The second kappa shape index (κ2) is 7.93. The number of aromatic nitrogens is 1. The van der Waals surface area contributed by atoms with Gasteiger partial charge in [-0.3, -0.25) is 4.79 Å². The van der Waals surface area contributed by atoms with Crippen LogP contribution in [0.25, 0.3) is 10.8 Å². The first kappa shape index (κ1) is 16.5. The number of hydrogen-bond donors (Lipinski definition) is 1. The van der Waals surface area contributed by atoms with E-state index in [4.69, 9.17) is 4.74 Å². The van der Waals surface area contributed by atoms with Gasteiger partial charge in [0.2, 0.25) is 5.91 Å². The Hall–Kier alpha value is -2.40. The minimum Gasteiger partial charge on any atom is -0.494 e. The molecule has 24 heavy (non-hydrogen) atoms. The highest BCUT2D eigenvalue weighted by Gasteiger charge is 2.04. The average Bonchev–Trinajstić information content (AvgIpc) is 3.02. The van der Waals surface area contributed by atoms with Gasteiger partial charge in [0.05, 0.1) is 23.9 Å². The molecular formula is C19H20N2O2S. The van der Waals surface area contributed by atoms with E-state index in [0.29, 0.717) is 26.0 Å². The van der Waals surface area contributed by atoms with E-state index < -0.39 is 0 Å². The number of ether oxygens (including phenoxy) is 1. The first-order valence-corrected chi connectivity index (χ1v) is 8.88. The van der Waals surface area contributed by atoms with Crippen molar-refractivity contribution < 1.29 is 9.53 Å². The van der Waals surface area contributed by atoms with Crippen molar-refractivity contribution in [2.75, 3.05) is 6.61 Å². The fourth-order valence-electron chi connectivity index (χ4n) is 2.45. The Kier molecular flexibility index (Phi) is 5.43. The van der Waals surface area contributed by atoms with Crippen LogP contribution in [0.3, 0.4) is 0 Å². The van der Waals surface area contributed by atoms with E-state index in [1.165, 1.54) is 5.39 Å². The van der Waals surface area contributed by atoms with E-state index >= 15 is 0 Å². The summed E-state index contributed by atoms with van der Waals surface area (Å²) in [7, 11) is 0. The molecule has 0 spiro atoms. The summed E-state index contributed by atoms with van der Waals surface area (Å²) in [5.41, 5.74) is 0.915. The number of amides is 1. The third-order valence-corrected chi connectivity index (χ3v) is 4.49. The molecule has 0 saturated carbocycles. The molecule has 1 heterocycles. The van der Waals surface area contributed by atoms with Crippen molar-refractivity contribution in [3.8, 4) is 5.75 Å². The van der Waals surface area contributed by atoms with Crippen molar-refractivity contribution in [2.24, 2.45) is 0 Å². The fraction of sp³-hybridized carbons (Fsp3) is 0.263. The number of fused-ring (bicyclic) bond motifs is 1. The van der Waals surface area contributed by atoms with Gasteiger partial charge >= 0.3 is 0 Å². The predicted molar refractivity (Wildman–Crippen MR) is 97.4 cm³/mol. The van der Waals surface area contributed by atoms with Crippen LogP contribution in [0.1, 0.15) is 23.5 Å². The second-order valence-corrected chi connectivity index (χ2v) is 6.66. The molecule has 1 aromatic heterocycles. The number of nitrogens with zero attached hydrogens (tertiary/aromatic N) is 1. The van der Waals surface area contributed by atoms with Gasteiger partial charge in [-0.2, -0.15) is 0 Å². The van der Waals surface area contributed by atoms with E-state index in [1.807, 2.05) is 42.6 Å². The van der Waals surface area contributed by atoms with Crippen LogP contribution in [0.5, 0.6) is 5.75 Å². The SMILES string of the molecule is Cc1nc(CNC(=O)CCCOc2ccc3ccccc3c2)cs1. The van der Waals surface area contributed by atoms with Gasteiger partial charge in [0.15, 0.2) is 0 Å². The molecule has 0 aliphatic rings. The van der Waals surface area contributed by atoms with E-state index in [-0.39, 0.29) is 5.91 Å². The van der Waals surface area contributed by atoms with E-state index in [2.05, 4.69) is 22.4 Å². The van der Waals surface area contributed by atoms with Crippen molar-refractivity contribution >= 4 is 28.0 Å². The number of benzene rings is 2. The zero-order valence-corrected chi connectivity index (χ0v) is 14.4. The number of thiazole rings is 1. The van der Waals surface area contributed by atoms with Crippen LogP contribution >= 0.6 is 11.3 Å². The van der Waals surface area contributed by atoms with Crippen molar-refractivity contribution in [3.63, 3.8) is 0 Å². The van der Waals surface area contributed by atoms with E-state index in [1.54, 1.807) is 11.3 Å². The maximum absolute atomic E-state index is 11.8. The minimum absolute atomic E-state index is 0.0303. The molecule has 0 bridgehead atoms. The summed E-state index contributed by atoms with van der Waals surface area (Å²) in [5, 5.41) is 8.23. The van der Waals surface area contributed by atoms with Gasteiger partial charge < -0.3 is 10.1 Å². The molecule has 0 aliphatic heterocycles. The number of carbonyl (C=O) groups is 1. The van der Waals surface area contributed by atoms with Gasteiger partial charge in [0, 0.05) is 11.8 Å². The Labute approximate surface area is 145 Å². The highest BCUT2D eigenvalue weighted by molar-refractivity contribution is 7.09. The summed E-state index contributed by atoms with van der Waals surface area (Å²) in [6.07, 6.45) is 1.14. The van der Waals surface area contributed by atoms with Crippen LogP contribution in [0.2, 0.25) is 0 Å². The third kappa shape index (κ3) is 4.55. The van der Waals surface area contributed by atoms with Gasteiger partial charge in [-0.05, 0) is 36.2 Å². The summed E-state index contributed by atoms with van der Waals surface area (Å²) >= 11 is 1.59. The van der Waals surface area contributed by atoms with Gasteiger partial charge in [-0.15, -0.1) is 11.3 Å².